The van der Waals surface area contributed by atoms with Crippen molar-refractivity contribution >= 4 is 16.8 Å². The van der Waals surface area contributed by atoms with Crippen LogP contribution in [0, 0.1) is 12.8 Å². The number of aromatic amines is 1. The van der Waals surface area contributed by atoms with E-state index in [0.29, 0.717) is 11.8 Å². The summed E-state index contributed by atoms with van der Waals surface area (Å²) in [4.78, 5) is 22.4. The van der Waals surface area contributed by atoms with Gasteiger partial charge in [0.2, 0.25) is 5.91 Å². The van der Waals surface area contributed by atoms with Gasteiger partial charge in [-0.2, -0.15) is 0 Å². The van der Waals surface area contributed by atoms with E-state index < -0.39 is 0 Å². The number of amides is 1. The monoisotopic (exact) mass is 403 g/mol. The Morgan fingerprint density at radius 1 is 1.10 bits per heavy atom. The molecule has 1 fully saturated rings. The summed E-state index contributed by atoms with van der Waals surface area (Å²) in [6.45, 7) is 12.3. The van der Waals surface area contributed by atoms with Crippen LogP contribution in [0.1, 0.15) is 69.2 Å². The minimum absolute atomic E-state index is 0.0848. The van der Waals surface area contributed by atoms with Crippen LogP contribution >= 0.6 is 0 Å². The van der Waals surface area contributed by atoms with Crippen LogP contribution in [0.4, 0.5) is 0 Å². The molecule has 0 aliphatic carbocycles. The molecule has 0 atom stereocenters. The third kappa shape index (κ3) is 3.88. The second-order valence-electron chi connectivity index (χ2n) is 9.31. The van der Waals surface area contributed by atoms with Gasteiger partial charge in [0.1, 0.15) is 0 Å². The maximum Gasteiger partial charge on any atom is 0.225 e. The minimum Gasteiger partial charge on any atom is -0.354 e. The maximum atomic E-state index is 12.3. The molecule has 4 rings (SSSR count). The van der Waals surface area contributed by atoms with Crippen LogP contribution in [-0.4, -0.2) is 33.9 Å². The van der Waals surface area contributed by atoms with E-state index in [1.807, 2.05) is 31.9 Å². The first-order chi connectivity index (χ1) is 14.3. The highest BCUT2D eigenvalue weighted by Crippen LogP contribution is 2.38. The molecule has 158 valence electrons. The molecule has 0 unspecified atom stereocenters. The Hall–Kier alpha value is -2.62. The Morgan fingerprint density at radius 3 is 2.47 bits per heavy atom. The molecule has 30 heavy (non-hydrogen) atoms. The molecule has 4 heteroatoms. The normalized spacial score (nSPS) is 15.5. The van der Waals surface area contributed by atoms with Crippen molar-refractivity contribution in [3.8, 4) is 11.3 Å². The highest BCUT2D eigenvalue weighted by atomic mass is 16.2. The second-order valence-corrected chi connectivity index (χ2v) is 9.31. The first-order valence-corrected chi connectivity index (χ1v) is 11.2. The maximum absolute atomic E-state index is 12.3. The van der Waals surface area contributed by atoms with Gasteiger partial charge in [-0.15, -0.1) is 0 Å². The van der Waals surface area contributed by atoms with Gasteiger partial charge in [0, 0.05) is 47.4 Å². The van der Waals surface area contributed by atoms with Crippen molar-refractivity contribution in [2.75, 3.05) is 13.1 Å². The summed E-state index contributed by atoms with van der Waals surface area (Å²) in [6.07, 6.45) is 3.97. The number of aryl methyl sites for hydroxylation is 1. The molecule has 3 heterocycles. The van der Waals surface area contributed by atoms with E-state index in [2.05, 4.69) is 54.1 Å². The van der Waals surface area contributed by atoms with Gasteiger partial charge in [0.25, 0.3) is 0 Å². The number of carbonyl (C=O) groups is 1. The average molecular weight is 404 g/mol. The van der Waals surface area contributed by atoms with Crippen molar-refractivity contribution < 1.29 is 4.79 Å². The number of piperidine rings is 1. The van der Waals surface area contributed by atoms with Crippen molar-refractivity contribution in [3.05, 3.63) is 53.3 Å². The Balaban J connectivity index is 1.66. The van der Waals surface area contributed by atoms with E-state index in [-0.39, 0.29) is 11.8 Å². The summed E-state index contributed by atoms with van der Waals surface area (Å²) < 4.78 is 0. The van der Waals surface area contributed by atoms with Gasteiger partial charge in [0.15, 0.2) is 0 Å². The van der Waals surface area contributed by atoms with Crippen LogP contribution in [0.25, 0.3) is 22.2 Å². The number of H-pyrrole nitrogens is 1. The fraction of sp³-hybridized carbons (Fsp3) is 0.462. The van der Waals surface area contributed by atoms with Crippen LogP contribution in [0.2, 0.25) is 0 Å². The van der Waals surface area contributed by atoms with Gasteiger partial charge in [-0.1, -0.05) is 33.8 Å². The summed E-state index contributed by atoms with van der Waals surface area (Å²) in [5.41, 5.74) is 7.41. The van der Waals surface area contributed by atoms with Crippen LogP contribution in [0.15, 0.2) is 36.5 Å². The van der Waals surface area contributed by atoms with Crippen molar-refractivity contribution in [1.29, 1.82) is 0 Å². The van der Waals surface area contributed by atoms with Gasteiger partial charge in [0.05, 0.1) is 5.69 Å². The third-order valence-electron chi connectivity index (χ3n) is 6.40. The van der Waals surface area contributed by atoms with Crippen LogP contribution < -0.4 is 0 Å². The van der Waals surface area contributed by atoms with Gasteiger partial charge < -0.3 is 9.88 Å². The molecule has 0 saturated carbocycles. The molecule has 0 radical (unpaired) electrons. The summed E-state index contributed by atoms with van der Waals surface area (Å²) in [6, 6.07) is 11.1. The average Bonchev–Trinajstić information content (AvgIpc) is 3.12. The predicted octanol–water partition coefficient (Wildman–Crippen LogP) is 6.02. The topological polar surface area (TPSA) is 49.0 Å². The number of pyridine rings is 1. The lowest BCUT2D eigenvalue weighted by Gasteiger charge is -2.33. The number of fused-ring (bicyclic) bond motifs is 1. The Morgan fingerprint density at radius 2 is 1.83 bits per heavy atom. The van der Waals surface area contributed by atoms with Gasteiger partial charge in [-0.25, -0.2) is 0 Å². The molecule has 3 aromatic rings. The summed E-state index contributed by atoms with van der Waals surface area (Å²) in [5, 5.41) is 1.33. The fourth-order valence-corrected chi connectivity index (χ4v) is 4.81. The van der Waals surface area contributed by atoms with E-state index in [9.17, 15) is 4.79 Å². The zero-order valence-electron chi connectivity index (χ0n) is 18.8. The molecule has 1 amide bonds. The van der Waals surface area contributed by atoms with Crippen molar-refractivity contribution in [2.45, 2.75) is 59.3 Å². The molecule has 2 aromatic heterocycles. The number of hydrogen-bond donors (Lipinski definition) is 1. The molecule has 1 saturated heterocycles. The van der Waals surface area contributed by atoms with Crippen LogP contribution in [-0.2, 0) is 4.79 Å². The second kappa shape index (κ2) is 8.25. The lowest BCUT2D eigenvalue weighted by Crippen LogP contribution is -2.40. The van der Waals surface area contributed by atoms with Crippen molar-refractivity contribution in [3.63, 3.8) is 0 Å². The third-order valence-corrected chi connectivity index (χ3v) is 6.40. The minimum atomic E-state index is 0.0848. The SMILES string of the molecule is Cc1cc(-c2[nH]c3ccc(C4CCN(C(=O)C(C)C)CC4)cc3c2C(C)C)ccn1. The Kier molecular flexibility index (Phi) is 5.68. The number of aromatic nitrogens is 2. The first-order valence-electron chi connectivity index (χ1n) is 11.2. The quantitative estimate of drug-likeness (QED) is 0.579. The highest BCUT2D eigenvalue weighted by molar-refractivity contribution is 5.92. The van der Waals surface area contributed by atoms with E-state index in [1.165, 1.54) is 33.3 Å². The van der Waals surface area contributed by atoms with E-state index >= 15 is 0 Å². The number of rotatable bonds is 4. The van der Waals surface area contributed by atoms with Crippen molar-refractivity contribution in [1.82, 2.24) is 14.9 Å². The first kappa shape index (κ1) is 20.6. The summed E-state index contributed by atoms with van der Waals surface area (Å²) in [7, 11) is 0. The summed E-state index contributed by atoms with van der Waals surface area (Å²) >= 11 is 0. The summed E-state index contributed by atoms with van der Waals surface area (Å²) in [5.74, 6) is 1.31. The number of hydrogen-bond acceptors (Lipinski definition) is 2. The molecule has 1 aliphatic heterocycles. The largest absolute Gasteiger partial charge is 0.354 e. The molecule has 1 aliphatic rings. The number of nitrogens with one attached hydrogen (secondary N) is 1. The highest BCUT2D eigenvalue weighted by Gasteiger charge is 2.26. The van der Waals surface area contributed by atoms with E-state index in [4.69, 9.17) is 0 Å². The molecule has 1 aromatic carbocycles. The van der Waals surface area contributed by atoms with Gasteiger partial charge in [-0.3, -0.25) is 9.78 Å². The molecular weight excluding hydrogens is 370 g/mol. The molecule has 0 spiro atoms. The van der Waals surface area contributed by atoms with Crippen LogP contribution in [0.3, 0.4) is 0 Å². The molecular formula is C26H33N3O. The number of carbonyl (C=O) groups excluding carboxylic acids is 1. The number of nitrogens with zero attached hydrogens (tertiary/aromatic N) is 2. The van der Waals surface area contributed by atoms with E-state index in [0.717, 1.165) is 31.6 Å². The van der Waals surface area contributed by atoms with Crippen LogP contribution in [0.5, 0.6) is 0 Å². The Labute approximate surface area is 179 Å². The van der Waals surface area contributed by atoms with Gasteiger partial charge in [-0.05, 0) is 67.0 Å². The standard InChI is InChI=1S/C26H33N3O/c1-16(2)24-22-15-20(19-9-12-29(13-10-19)26(30)17(3)4)6-7-23(22)28-25(24)21-8-11-27-18(5)14-21/h6-8,11,14-17,19,28H,9-10,12-13H2,1-5H3. The molecule has 0 bridgehead atoms. The van der Waals surface area contributed by atoms with Gasteiger partial charge >= 0.3 is 0 Å². The van der Waals surface area contributed by atoms with Crippen molar-refractivity contribution in [2.24, 2.45) is 5.92 Å². The number of benzene rings is 1. The zero-order chi connectivity index (χ0) is 21.4. The smallest absolute Gasteiger partial charge is 0.225 e. The molecule has 1 N–H and O–H groups in total. The molecule has 4 nitrogen and oxygen atoms in total. The Bertz CT molecular complexity index is 1060. The fourth-order valence-electron chi connectivity index (χ4n) is 4.81. The zero-order valence-corrected chi connectivity index (χ0v) is 18.8. The predicted molar refractivity (Wildman–Crippen MR) is 124 cm³/mol. The van der Waals surface area contributed by atoms with E-state index in [1.54, 1.807) is 0 Å². The lowest BCUT2D eigenvalue weighted by atomic mass is 9.87. The lowest BCUT2D eigenvalue weighted by molar-refractivity contribution is -0.135. The number of likely N-dealkylation sites (tertiary alicyclic amines) is 1.